The number of nitrogens with two attached hydrogens (primary N) is 1. The predicted molar refractivity (Wildman–Crippen MR) is 45.2 cm³/mol. The summed E-state index contributed by atoms with van der Waals surface area (Å²) in [4.78, 5) is 3.87. The van der Waals surface area contributed by atoms with Crippen LogP contribution >= 0.6 is 11.6 Å². The Morgan fingerprint density at radius 1 is 1.80 bits per heavy atom. The Bertz CT molecular complexity index is 142. The SMILES string of the molecule is C=C(Cl)CN=C(N)NCC. The fraction of sp³-hybridized carbons (Fsp3) is 0.500. The maximum absolute atomic E-state index is 5.44. The van der Waals surface area contributed by atoms with Gasteiger partial charge in [-0.15, -0.1) is 0 Å². The van der Waals surface area contributed by atoms with Gasteiger partial charge in [-0.3, -0.25) is 0 Å². The quantitative estimate of drug-likeness (QED) is 0.472. The van der Waals surface area contributed by atoms with E-state index in [0.717, 1.165) is 6.54 Å². The van der Waals surface area contributed by atoms with Crippen LogP contribution in [0.3, 0.4) is 0 Å². The third-order valence-corrected chi connectivity index (χ3v) is 0.898. The first-order valence-corrected chi connectivity index (χ1v) is 3.41. The summed E-state index contributed by atoms with van der Waals surface area (Å²) in [7, 11) is 0. The van der Waals surface area contributed by atoms with E-state index >= 15 is 0 Å². The Balaban J connectivity index is 3.57. The first-order valence-electron chi connectivity index (χ1n) is 3.04. The Labute approximate surface area is 66.0 Å². The molecule has 0 spiro atoms. The van der Waals surface area contributed by atoms with E-state index in [4.69, 9.17) is 17.3 Å². The van der Waals surface area contributed by atoms with Crippen LogP contribution in [0.2, 0.25) is 0 Å². The molecular formula is C6H12ClN3. The number of rotatable bonds is 3. The van der Waals surface area contributed by atoms with Crippen LogP contribution < -0.4 is 11.1 Å². The summed E-state index contributed by atoms with van der Waals surface area (Å²) in [6, 6.07) is 0. The zero-order valence-electron chi connectivity index (χ0n) is 6.02. The van der Waals surface area contributed by atoms with Gasteiger partial charge in [0.05, 0.1) is 6.54 Å². The van der Waals surface area contributed by atoms with Crippen molar-refractivity contribution in [3.63, 3.8) is 0 Å². The average molecular weight is 162 g/mol. The lowest BCUT2D eigenvalue weighted by Gasteiger charge is -1.99. The molecule has 0 saturated carbocycles. The van der Waals surface area contributed by atoms with E-state index in [-0.39, 0.29) is 0 Å². The van der Waals surface area contributed by atoms with Crippen molar-refractivity contribution in [1.29, 1.82) is 0 Å². The van der Waals surface area contributed by atoms with E-state index in [1.54, 1.807) is 0 Å². The lowest BCUT2D eigenvalue weighted by Crippen LogP contribution is -2.31. The Kier molecular flexibility index (Phi) is 4.76. The molecule has 0 atom stereocenters. The molecule has 0 aromatic rings. The largest absolute Gasteiger partial charge is 0.370 e. The second-order valence-electron chi connectivity index (χ2n) is 1.75. The van der Waals surface area contributed by atoms with E-state index in [0.29, 0.717) is 17.5 Å². The molecule has 0 aromatic heterocycles. The summed E-state index contributed by atoms with van der Waals surface area (Å²) in [5, 5.41) is 3.32. The Hall–Kier alpha value is -0.700. The van der Waals surface area contributed by atoms with Gasteiger partial charge in [0.15, 0.2) is 5.96 Å². The fourth-order valence-corrected chi connectivity index (χ4v) is 0.468. The van der Waals surface area contributed by atoms with Crippen LogP contribution in [0.15, 0.2) is 16.6 Å². The number of guanidine groups is 1. The molecule has 58 valence electrons. The van der Waals surface area contributed by atoms with Gasteiger partial charge in [-0.2, -0.15) is 0 Å². The van der Waals surface area contributed by atoms with Crippen LogP contribution in [0.4, 0.5) is 0 Å². The summed E-state index contributed by atoms with van der Waals surface area (Å²) in [6.45, 7) is 6.55. The highest BCUT2D eigenvalue weighted by atomic mass is 35.5. The highest BCUT2D eigenvalue weighted by molar-refractivity contribution is 6.29. The molecular weight excluding hydrogens is 150 g/mol. The molecule has 0 aromatic carbocycles. The first kappa shape index (κ1) is 9.30. The van der Waals surface area contributed by atoms with Gasteiger partial charge in [-0.05, 0) is 6.92 Å². The van der Waals surface area contributed by atoms with Crippen molar-refractivity contribution in [2.75, 3.05) is 13.1 Å². The minimum absolute atomic E-state index is 0.375. The zero-order chi connectivity index (χ0) is 7.98. The van der Waals surface area contributed by atoms with Crippen molar-refractivity contribution in [2.24, 2.45) is 10.7 Å². The van der Waals surface area contributed by atoms with Crippen molar-refractivity contribution >= 4 is 17.6 Å². The second kappa shape index (κ2) is 5.11. The third-order valence-electron chi connectivity index (χ3n) is 0.779. The molecule has 0 fully saturated rings. The molecule has 0 aliphatic carbocycles. The van der Waals surface area contributed by atoms with E-state index in [9.17, 15) is 0 Å². The maximum atomic E-state index is 5.44. The van der Waals surface area contributed by atoms with Gasteiger partial charge in [0.2, 0.25) is 0 Å². The Morgan fingerprint density at radius 2 is 2.40 bits per heavy atom. The molecule has 0 heterocycles. The van der Waals surface area contributed by atoms with Crippen LogP contribution in [0, 0.1) is 0 Å². The zero-order valence-corrected chi connectivity index (χ0v) is 6.78. The highest BCUT2D eigenvalue weighted by Gasteiger charge is 1.87. The summed E-state index contributed by atoms with van der Waals surface area (Å²) >= 11 is 5.44. The van der Waals surface area contributed by atoms with E-state index in [2.05, 4.69) is 16.9 Å². The minimum atomic E-state index is 0.375. The standard InChI is InChI=1S/C6H12ClN3/c1-3-9-6(8)10-4-5(2)7/h2-4H2,1H3,(H3,8,9,10). The molecule has 0 amide bonds. The molecule has 3 N–H and O–H groups in total. The Morgan fingerprint density at radius 3 is 2.80 bits per heavy atom. The van der Waals surface area contributed by atoms with Gasteiger partial charge in [0, 0.05) is 11.6 Å². The number of hydrogen-bond acceptors (Lipinski definition) is 1. The number of nitrogens with one attached hydrogen (secondary N) is 1. The monoisotopic (exact) mass is 161 g/mol. The molecule has 3 nitrogen and oxygen atoms in total. The highest BCUT2D eigenvalue weighted by Crippen LogP contribution is 1.94. The van der Waals surface area contributed by atoms with Crippen LogP contribution in [-0.2, 0) is 0 Å². The van der Waals surface area contributed by atoms with E-state index < -0.39 is 0 Å². The van der Waals surface area contributed by atoms with Crippen LogP contribution in [0.5, 0.6) is 0 Å². The second-order valence-corrected chi connectivity index (χ2v) is 2.28. The van der Waals surface area contributed by atoms with Gasteiger partial charge >= 0.3 is 0 Å². The molecule has 4 heteroatoms. The van der Waals surface area contributed by atoms with Crippen LogP contribution in [0.1, 0.15) is 6.92 Å². The van der Waals surface area contributed by atoms with Crippen LogP contribution in [0.25, 0.3) is 0 Å². The van der Waals surface area contributed by atoms with Crippen molar-refractivity contribution in [3.05, 3.63) is 11.6 Å². The molecule has 0 radical (unpaired) electrons. The molecule has 10 heavy (non-hydrogen) atoms. The van der Waals surface area contributed by atoms with Crippen molar-refractivity contribution < 1.29 is 0 Å². The maximum Gasteiger partial charge on any atom is 0.188 e. The van der Waals surface area contributed by atoms with Crippen LogP contribution in [-0.4, -0.2) is 19.0 Å². The smallest absolute Gasteiger partial charge is 0.188 e. The van der Waals surface area contributed by atoms with E-state index in [1.807, 2.05) is 6.92 Å². The summed E-state index contributed by atoms with van der Waals surface area (Å²) in [5.41, 5.74) is 5.37. The first-order chi connectivity index (χ1) is 4.66. The normalized spacial score (nSPS) is 11.2. The minimum Gasteiger partial charge on any atom is -0.370 e. The van der Waals surface area contributed by atoms with Gasteiger partial charge < -0.3 is 11.1 Å². The number of aliphatic imine (C=N–C) groups is 1. The van der Waals surface area contributed by atoms with Gasteiger partial charge in [0.1, 0.15) is 0 Å². The number of nitrogens with zero attached hydrogens (tertiary/aromatic N) is 1. The topological polar surface area (TPSA) is 50.4 Å². The predicted octanol–water partition coefficient (Wildman–Crippen LogP) is 0.663. The van der Waals surface area contributed by atoms with Crippen molar-refractivity contribution in [2.45, 2.75) is 6.92 Å². The number of halogens is 1. The van der Waals surface area contributed by atoms with Crippen molar-refractivity contribution in [1.82, 2.24) is 5.32 Å². The van der Waals surface area contributed by atoms with Gasteiger partial charge in [-0.1, -0.05) is 18.2 Å². The van der Waals surface area contributed by atoms with Gasteiger partial charge in [-0.25, -0.2) is 4.99 Å². The average Bonchev–Trinajstić information content (AvgIpc) is 1.85. The third kappa shape index (κ3) is 5.44. The number of hydrogen-bond donors (Lipinski definition) is 2. The lowest BCUT2D eigenvalue weighted by atomic mass is 10.6. The fourth-order valence-electron chi connectivity index (χ4n) is 0.408. The molecule has 0 saturated heterocycles. The molecule has 0 rings (SSSR count). The molecule has 0 bridgehead atoms. The molecule has 0 aliphatic heterocycles. The summed E-state index contributed by atoms with van der Waals surface area (Å²) in [6.07, 6.45) is 0. The summed E-state index contributed by atoms with van der Waals surface area (Å²) in [5.74, 6) is 0.407. The van der Waals surface area contributed by atoms with Crippen molar-refractivity contribution in [3.8, 4) is 0 Å². The van der Waals surface area contributed by atoms with E-state index in [1.165, 1.54) is 0 Å². The molecule has 0 aliphatic rings. The lowest BCUT2D eigenvalue weighted by molar-refractivity contribution is 0.942. The summed E-state index contributed by atoms with van der Waals surface area (Å²) < 4.78 is 0. The molecule has 0 unspecified atom stereocenters. The van der Waals surface area contributed by atoms with Gasteiger partial charge in [0.25, 0.3) is 0 Å².